The number of aliphatic hydroxyl groups excluding tert-OH is 1. The Morgan fingerprint density at radius 1 is 1.08 bits per heavy atom. The minimum absolute atomic E-state index is 0.266. The molecule has 1 aliphatic rings. The van der Waals surface area contributed by atoms with Gasteiger partial charge in [0, 0.05) is 0 Å². The molecule has 2 N–H and O–H groups in total. The second-order valence-corrected chi connectivity index (χ2v) is 3.05. The van der Waals surface area contributed by atoms with Crippen molar-refractivity contribution in [2.45, 2.75) is 6.42 Å². The summed E-state index contributed by atoms with van der Waals surface area (Å²) in [6, 6.07) is 5.20. The Kier molecular flexibility index (Phi) is 1.81. The predicted octanol–water partition coefficient (Wildman–Crippen LogP) is 2.40. The first-order valence-corrected chi connectivity index (χ1v) is 4.15. The van der Waals surface area contributed by atoms with E-state index in [9.17, 15) is 10.2 Å². The average molecular weight is 174 g/mol. The molecule has 0 aliphatic heterocycles. The molecule has 0 radical (unpaired) electrons. The molecule has 0 saturated carbocycles. The highest BCUT2D eigenvalue weighted by molar-refractivity contribution is 5.59. The lowest BCUT2D eigenvalue weighted by molar-refractivity contribution is 0.431. The van der Waals surface area contributed by atoms with Crippen LogP contribution in [0, 0.1) is 0 Å². The van der Waals surface area contributed by atoms with E-state index in [-0.39, 0.29) is 11.5 Å². The van der Waals surface area contributed by atoms with Gasteiger partial charge in [0.1, 0.15) is 11.5 Å². The lowest BCUT2D eigenvalue weighted by atomic mass is 10.1. The molecule has 13 heavy (non-hydrogen) atoms. The molecular formula is C11H10O2. The minimum Gasteiger partial charge on any atom is -0.508 e. The molecule has 0 saturated heterocycles. The Labute approximate surface area is 76.5 Å². The number of hydrogen-bond acceptors (Lipinski definition) is 2. The fourth-order valence-corrected chi connectivity index (χ4v) is 1.39. The van der Waals surface area contributed by atoms with Gasteiger partial charge in [0.25, 0.3) is 0 Å². The van der Waals surface area contributed by atoms with Gasteiger partial charge in [-0.2, -0.15) is 0 Å². The maximum Gasteiger partial charge on any atom is 0.115 e. The van der Waals surface area contributed by atoms with E-state index in [4.69, 9.17) is 0 Å². The summed E-state index contributed by atoms with van der Waals surface area (Å²) in [5.41, 5.74) is 2.07. The molecule has 0 aromatic heterocycles. The Bertz CT molecular complexity index is 389. The number of benzene rings is 1. The first-order chi connectivity index (χ1) is 6.25. The summed E-state index contributed by atoms with van der Waals surface area (Å²) >= 11 is 0. The van der Waals surface area contributed by atoms with Gasteiger partial charge < -0.3 is 10.2 Å². The summed E-state index contributed by atoms with van der Waals surface area (Å²) in [6.07, 6.45) is 5.88. The lowest BCUT2D eigenvalue weighted by Crippen LogP contribution is -1.85. The monoisotopic (exact) mass is 174 g/mol. The van der Waals surface area contributed by atoms with E-state index in [0.717, 1.165) is 11.1 Å². The van der Waals surface area contributed by atoms with Gasteiger partial charge in [0.15, 0.2) is 0 Å². The second-order valence-electron chi connectivity index (χ2n) is 3.05. The standard InChI is InChI=1S/C11H10O2/c12-10-4-1-8-2-6-11(13)7-9(8)3-5-10/h1-2,4-7,12-13H,3H2. The highest BCUT2D eigenvalue weighted by atomic mass is 16.3. The van der Waals surface area contributed by atoms with E-state index >= 15 is 0 Å². The fraction of sp³-hybridized carbons (Fsp3) is 0.0909. The fourth-order valence-electron chi connectivity index (χ4n) is 1.39. The van der Waals surface area contributed by atoms with Crippen LogP contribution in [0.1, 0.15) is 11.1 Å². The highest BCUT2D eigenvalue weighted by Crippen LogP contribution is 2.21. The van der Waals surface area contributed by atoms with Crippen LogP contribution in [0.4, 0.5) is 0 Å². The van der Waals surface area contributed by atoms with E-state index in [2.05, 4.69) is 0 Å². The molecular weight excluding hydrogens is 164 g/mol. The molecule has 1 aromatic carbocycles. The average Bonchev–Trinajstić information content (AvgIpc) is 2.29. The SMILES string of the molecule is OC1=CCc2cc(O)ccc2C=C1. The molecule has 1 aliphatic carbocycles. The van der Waals surface area contributed by atoms with Crippen molar-refractivity contribution in [3.63, 3.8) is 0 Å². The summed E-state index contributed by atoms with van der Waals surface area (Å²) < 4.78 is 0. The van der Waals surface area contributed by atoms with Crippen LogP contribution in [0.2, 0.25) is 0 Å². The van der Waals surface area contributed by atoms with E-state index in [1.165, 1.54) is 0 Å². The number of phenols is 1. The van der Waals surface area contributed by atoms with Crippen LogP contribution in [-0.2, 0) is 6.42 Å². The molecule has 0 amide bonds. The summed E-state index contributed by atoms with van der Waals surface area (Å²) in [4.78, 5) is 0. The molecule has 0 spiro atoms. The Morgan fingerprint density at radius 2 is 1.92 bits per heavy atom. The number of phenolic OH excluding ortho intramolecular Hbond substituents is 1. The quantitative estimate of drug-likeness (QED) is 0.634. The second kappa shape index (κ2) is 2.98. The van der Waals surface area contributed by atoms with Crippen molar-refractivity contribution in [3.05, 3.63) is 47.2 Å². The maximum atomic E-state index is 9.24. The molecule has 2 heteroatoms. The van der Waals surface area contributed by atoms with Gasteiger partial charge in [-0.05, 0) is 41.8 Å². The van der Waals surface area contributed by atoms with E-state index < -0.39 is 0 Å². The van der Waals surface area contributed by atoms with Crippen molar-refractivity contribution >= 4 is 6.08 Å². The Balaban J connectivity index is 2.49. The van der Waals surface area contributed by atoms with Crippen molar-refractivity contribution in [3.8, 4) is 5.75 Å². The molecule has 0 heterocycles. The zero-order valence-corrected chi connectivity index (χ0v) is 7.07. The molecule has 2 rings (SSSR count). The summed E-state index contributed by atoms with van der Waals surface area (Å²) in [7, 11) is 0. The van der Waals surface area contributed by atoms with Crippen molar-refractivity contribution in [2.24, 2.45) is 0 Å². The van der Waals surface area contributed by atoms with Crippen LogP contribution in [0.25, 0.3) is 6.08 Å². The number of aromatic hydroxyl groups is 1. The van der Waals surface area contributed by atoms with E-state index in [1.807, 2.05) is 12.1 Å². The first-order valence-electron chi connectivity index (χ1n) is 4.15. The van der Waals surface area contributed by atoms with Gasteiger partial charge in [0.2, 0.25) is 0 Å². The normalized spacial score (nSPS) is 14.6. The van der Waals surface area contributed by atoms with Crippen molar-refractivity contribution in [1.29, 1.82) is 0 Å². The van der Waals surface area contributed by atoms with Crippen molar-refractivity contribution in [1.82, 2.24) is 0 Å². The van der Waals surface area contributed by atoms with E-state index in [1.54, 1.807) is 24.3 Å². The third-order valence-electron chi connectivity index (χ3n) is 2.09. The molecule has 2 nitrogen and oxygen atoms in total. The van der Waals surface area contributed by atoms with Gasteiger partial charge in [-0.25, -0.2) is 0 Å². The molecule has 0 fully saturated rings. The van der Waals surface area contributed by atoms with Crippen LogP contribution in [0.3, 0.4) is 0 Å². The largest absolute Gasteiger partial charge is 0.508 e. The van der Waals surface area contributed by atoms with Crippen LogP contribution >= 0.6 is 0 Å². The Hall–Kier alpha value is -1.70. The zero-order valence-electron chi connectivity index (χ0n) is 7.07. The Morgan fingerprint density at radius 3 is 2.77 bits per heavy atom. The maximum absolute atomic E-state index is 9.24. The number of aliphatic hydroxyl groups is 1. The third-order valence-corrected chi connectivity index (χ3v) is 2.09. The summed E-state index contributed by atoms with van der Waals surface area (Å²) in [5, 5.41) is 18.5. The van der Waals surface area contributed by atoms with Gasteiger partial charge in [-0.3, -0.25) is 0 Å². The summed E-state index contributed by atoms with van der Waals surface area (Å²) in [5.74, 6) is 0.539. The van der Waals surface area contributed by atoms with Crippen LogP contribution in [0.5, 0.6) is 5.75 Å². The van der Waals surface area contributed by atoms with Gasteiger partial charge in [-0.1, -0.05) is 12.1 Å². The van der Waals surface area contributed by atoms with Crippen LogP contribution in [0.15, 0.2) is 36.1 Å². The number of rotatable bonds is 0. The number of allylic oxidation sites excluding steroid dienone is 2. The lowest BCUT2D eigenvalue weighted by Gasteiger charge is -2.01. The van der Waals surface area contributed by atoms with Gasteiger partial charge in [0.05, 0.1) is 0 Å². The highest BCUT2D eigenvalue weighted by Gasteiger charge is 2.03. The minimum atomic E-state index is 0.266. The van der Waals surface area contributed by atoms with Crippen molar-refractivity contribution in [2.75, 3.05) is 0 Å². The number of fused-ring (bicyclic) bond motifs is 1. The third kappa shape index (κ3) is 1.56. The molecule has 1 aromatic rings. The zero-order chi connectivity index (χ0) is 9.26. The number of hydrogen-bond donors (Lipinski definition) is 2. The van der Waals surface area contributed by atoms with Gasteiger partial charge in [-0.15, -0.1) is 0 Å². The molecule has 0 bridgehead atoms. The summed E-state index contributed by atoms with van der Waals surface area (Å²) in [6.45, 7) is 0. The molecule has 0 unspecified atom stereocenters. The predicted molar refractivity (Wildman–Crippen MR) is 51.6 cm³/mol. The van der Waals surface area contributed by atoms with E-state index in [0.29, 0.717) is 6.42 Å². The van der Waals surface area contributed by atoms with Crippen LogP contribution in [-0.4, -0.2) is 10.2 Å². The van der Waals surface area contributed by atoms with Gasteiger partial charge >= 0.3 is 0 Å². The van der Waals surface area contributed by atoms with Crippen molar-refractivity contribution < 1.29 is 10.2 Å². The topological polar surface area (TPSA) is 40.5 Å². The smallest absolute Gasteiger partial charge is 0.115 e. The molecule has 66 valence electrons. The first kappa shape index (κ1) is 7.92. The van der Waals surface area contributed by atoms with Crippen LogP contribution < -0.4 is 0 Å². The molecule has 0 atom stereocenters.